The smallest absolute Gasteiger partial charge is 0.303 e. The third-order valence-corrected chi connectivity index (χ3v) is 3.85. The van der Waals surface area contributed by atoms with E-state index in [1.165, 1.54) is 0 Å². The molecule has 1 aromatic carbocycles. The van der Waals surface area contributed by atoms with Crippen molar-refractivity contribution in [3.8, 4) is 0 Å². The minimum absolute atomic E-state index is 0.0193. The van der Waals surface area contributed by atoms with Gasteiger partial charge >= 0.3 is 5.97 Å². The van der Waals surface area contributed by atoms with Gasteiger partial charge in [0.1, 0.15) is 0 Å². The summed E-state index contributed by atoms with van der Waals surface area (Å²) in [5.74, 6) is -1.07. The number of carboxylic acid groups (broad SMARTS) is 1. The van der Waals surface area contributed by atoms with Gasteiger partial charge in [-0.15, -0.1) is 0 Å². The Morgan fingerprint density at radius 3 is 2.62 bits per heavy atom. The molecule has 0 fully saturated rings. The molecule has 0 saturated carbocycles. The summed E-state index contributed by atoms with van der Waals surface area (Å²) in [6, 6.07) is 9.50. The molecular formula is C18H23N3O3. The first kappa shape index (κ1) is 17.7. The van der Waals surface area contributed by atoms with Crippen LogP contribution in [0.2, 0.25) is 0 Å². The Labute approximate surface area is 141 Å². The second-order valence-electron chi connectivity index (χ2n) is 5.81. The van der Waals surface area contributed by atoms with E-state index in [1.54, 1.807) is 17.9 Å². The molecule has 0 bridgehead atoms. The van der Waals surface area contributed by atoms with Crippen LogP contribution in [0.3, 0.4) is 0 Å². The average molecular weight is 329 g/mol. The predicted molar refractivity (Wildman–Crippen MR) is 90.9 cm³/mol. The maximum atomic E-state index is 12.6. The molecule has 2 aromatic rings. The van der Waals surface area contributed by atoms with Gasteiger partial charge in [-0.25, -0.2) is 0 Å². The van der Waals surface area contributed by atoms with Crippen molar-refractivity contribution in [2.75, 3.05) is 0 Å². The lowest BCUT2D eigenvalue weighted by Gasteiger charge is -2.18. The fourth-order valence-electron chi connectivity index (χ4n) is 2.67. The zero-order chi connectivity index (χ0) is 17.5. The molecule has 0 aliphatic rings. The van der Waals surface area contributed by atoms with Crippen molar-refractivity contribution in [2.24, 2.45) is 7.05 Å². The molecule has 0 aliphatic carbocycles. The highest BCUT2D eigenvalue weighted by atomic mass is 16.4. The number of rotatable bonds is 8. The van der Waals surface area contributed by atoms with Crippen molar-refractivity contribution in [3.63, 3.8) is 0 Å². The molecule has 0 aliphatic heterocycles. The molecule has 1 atom stereocenters. The van der Waals surface area contributed by atoms with Gasteiger partial charge in [-0.1, -0.05) is 37.3 Å². The summed E-state index contributed by atoms with van der Waals surface area (Å²) in [5.41, 5.74) is 2.36. The minimum Gasteiger partial charge on any atom is -0.481 e. The summed E-state index contributed by atoms with van der Waals surface area (Å²) in [6.07, 6.45) is 3.37. The number of aliphatic carboxylic acids is 1. The van der Waals surface area contributed by atoms with Gasteiger partial charge < -0.3 is 10.4 Å². The molecular weight excluding hydrogens is 306 g/mol. The minimum atomic E-state index is -0.863. The number of nitrogens with one attached hydrogen (secondary N) is 1. The Hall–Kier alpha value is -2.63. The maximum absolute atomic E-state index is 12.6. The van der Waals surface area contributed by atoms with Crippen LogP contribution in [0, 0.1) is 0 Å². The Morgan fingerprint density at radius 2 is 2.00 bits per heavy atom. The summed E-state index contributed by atoms with van der Waals surface area (Å²) in [7, 11) is 1.78. The molecule has 1 aromatic heterocycles. The van der Waals surface area contributed by atoms with Crippen molar-refractivity contribution in [1.29, 1.82) is 0 Å². The topological polar surface area (TPSA) is 84.2 Å². The van der Waals surface area contributed by atoms with E-state index in [9.17, 15) is 9.59 Å². The van der Waals surface area contributed by atoms with Crippen LogP contribution in [0.15, 0.2) is 36.5 Å². The van der Waals surface area contributed by atoms with E-state index < -0.39 is 5.97 Å². The van der Waals surface area contributed by atoms with Crippen molar-refractivity contribution in [3.05, 3.63) is 53.3 Å². The van der Waals surface area contributed by atoms with E-state index >= 15 is 0 Å². The van der Waals surface area contributed by atoms with Gasteiger partial charge in [0.25, 0.3) is 5.91 Å². The van der Waals surface area contributed by atoms with E-state index in [0.717, 1.165) is 11.3 Å². The van der Waals surface area contributed by atoms with Crippen LogP contribution in [-0.4, -0.2) is 32.8 Å². The Bertz CT molecular complexity index is 695. The van der Waals surface area contributed by atoms with Gasteiger partial charge in [0.15, 0.2) is 0 Å². The third-order valence-electron chi connectivity index (χ3n) is 3.85. The summed E-state index contributed by atoms with van der Waals surface area (Å²) in [6.45, 7) is 1.95. The van der Waals surface area contributed by atoms with Gasteiger partial charge in [0.05, 0.1) is 11.3 Å². The number of carbonyl (C=O) groups is 2. The number of aromatic nitrogens is 2. The Morgan fingerprint density at radius 1 is 1.29 bits per heavy atom. The zero-order valence-electron chi connectivity index (χ0n) is 14.0. The monoisotopic (exact) mass is 329 g/mol. The van der Waals surface area contributed by atoms with Crippen LogP contribution >= 0.6 is 0 Å². The number of amides is 1. The van der Waals surface area contributed by atoms with Gasteiger partial charge in [-0.2, -0.15) is 5.10 Å². The number of carbonyl (C=O) groups excluding carboxylic acids is 1. The molecule has 0 saturated heterocycles. The van der Waals surface area contributed by atoms with Gasteiger partial charge in [0.2, 0.25) is 0 Å². The lowest BCUT2D eigenvalue weighted by Crippen LogP contribution is -2.37. The fraction of sp³-hybridized carbons (Fsp3) is 0.389. The maximum Gasteiger partial charge on any atom is 0.303 e. The summed E-state index contributed by atoms with van der Waals surface area (Å²) < 4.78 is 1.62. The summed E-state index contributed by atoms with van der Waals surface area (Å²) in [5, 5.41) is 16.2. The lowest BCUT2D eigenvalue weighted by molar-refractivity contribution is -0.137. The molecule has 1 heterocycles. The molecule has 0 spiro atoms. The van der Waals surface area contributed by atoms with Crippen molar-refractivity contribution >= 4 is 11.9 Å². The third kappa shape index (κ3) is 4.94. The van der Waals surface area contributed by atoms with Crippen molar-refractivity contribution in [1.82, 2.24) is 15.1 Å². The number of benzene rings is 1. The SMILES string of the molecule is CCc1nn(C)cc1C(=O)NC(CCC(=O)O)Cc1ccccc1. The Balaban J connectivity index is 2.11. The van der Waals surface area contributed by atoms with Gasteiger partial charge in [-0.3, -0.25) is 14.3 Å². The number of nitrogens with zero attached hydrogens (tertiary/aromatic N) is 2. The van der Waals surface area contributed by atoms with E-state index in [1.807, 2.05) is 37.3 Å². The van der Waals surface area contributed by atoms with Gasteiger partial charge in [-0.05, 0) is 24.8 Å². The van der Waals surface area contributed by atoms with Gasteiger partial charge in [0, 0.05) is 25.7 Å². The highest BCUT2D eigenvalue weighted by Gasteiger charge is 2.19. The van der Waals surface area contributed by atoms with Crippen molar-refractivity contribution < 1.29 is 14.7 Å². The average Bonchev–Trinajstić information content (AvgIpc) is 2.94. The van der Waals surface area contributed by atoms with Crippen LogP contribution in [0.5, 0.6) is 0 Å². The Kier molecular flexibility index (Phi) is 6.12. The second kappa shape index (κ2) is 8.29. The predicted octanol–water partition coefficient (Wildman–Crippen LogP) is 2.19. The highest BCUT2D eigenvalue weighted by Crippen LogP contribution is 2.11. The molecule has 0 radical (unpaired) electrons. The van der Waals surface area contributed by atoms with Crippen LogP contribution in [0.4, 0.5) is 0 Å². The lowest BCUT2D eigenvalue weighted by atomic mass is 10.0. The molecule has 6 nitrogen and oxygen atoms in total. The van der Waals surface area contributed by atoms with E-state index in [0.29, 0.717) is 24.8 Å². The normalized spacial score (nSPS) is 11.9. The largest absolute Gasteiger partial charge is 0.481 e. The zero-order valence-corrected chi connectivity index (χ0v) is 14.0. The molecule has 2 N–H and O–H groups in total. The molecule has 1 unspecified atom stereocenters. The first-order valence-corrected chi connectivity index (χ1v) is 8.08. The second-order valence-corrected chi connectivity index (χ2v) is 5.81. The van der Waals surface area contributed by atoms with Crippen LogP contribution in [-0.2, 0) is 24.7 Å². The molecule has 24 heavy (non-hydrogen) atoms. The van der Waals surface area contributed by atoms with Crippen LogP contribution < -0.4 is 5.32 Å². The first-order valence-electron chi connectivity index (χ1n) is 8.08. The standard InChI is InChI=1S/C18H23N3O3/c1-3-16-15(12-21(2)20-16)18(24)19-14(9-10-17(22)23)11-13-7-5-4-6-8-13/h4-8,12,14H,3,9-11H2,1-2H3,(H,19,24)(H,22,23). The van der Waals surface area contributed by atoms with E-state index in [2.05, 4.69) is 10.4 Å². The van der Waals surface area contributed by atoms with Crippen molar-refractivity contribution in [2.45, 2.75) is 38.6 Å². The van der Waals surface area contributed by atoms with Crippen LogP contribution in [0.25, 0.3) is 0 Å². The molecule has 2 rings (SSSR count). The molecule has 1 amide bonds. The van der Waals surface area contributed by atoms with Crippen LogP contribution in [0.1, 0.15) is 41.4 Å². The first-order chi connectivity index (χ1) is 11.5. The number of aryl methyl sites for hydroxylation is 2. The molecule has 6 heteroatoms. The fourth-order valence-corrected chi connectivity index (χ4v) is 2.67. The summed E-state index contributed by atoms with van der Waals surface area (Å²) in [4.78, 5) is 23.5. The number of carboxylic acids is 1. The van der Waals surface area contributed by atoms with E-state index in [-0.39, 0.29) is 18.4 Å². The number of hydrogen-bond donors (Lipinski definition) is 2. The van der Waals surface area contributed by atoms with E-state index in [4.69, 9.17) is 5.11 Å². The summed E-state index contributed by atoms with van der Waals surface area (Å²) >= 11 is 0. The molecule has 128 valence electrons. The number of hydrogen-bond acceptors (Lipinski definition) is 3. The highest BCUT2D eigenvalue weighted by molar-refractivity contribution is 5.95. The quantitative estimate of drug-likeness (QED) is 0.777.